The number of carbonyl (C=O) groups excluding carboxylic acids is 2. The minimum absolute atomic E-state index is 0.00219. The largest absolute Gasteiger partial charge is 0.459 e. The van der Waals surface area contributed by atoms with Crippen LogP contribution >= 0.6 is 15.9 Å². The number of carbonyl (C=O) groups is 2. The molecule has 0 spiro atoms. The maximum Gasteiger partial charge on any atom is 0.336 e. The van der Waals surface area contributed by atoms with Gasteiger partial charge in [0.25, 0.3) is 0 Å². The molecule has 4 rings (SSSR count). The van der Waals surface area contributed by atoms with E-state index >= 15 is 0 Å². The maximum absolute atomic E-state index is 13.1. The number of hydrogen-bond acceptors (Lipinski definition) is 4. The van der Waals surface area contributed by atoms with Crippen LogP contribution in [0.15, 0.2) is 51.8 Å². The van der Waals surface area contributed by atoms with Crippen LogP contribution in [0.1, 0.15) is 56.9 Å². The van der Waals surface area contributed by atoms with Crippen LogP contribution in [-0.2, 0) is 14.3 Å². The lowest BCUT2D eigenvalue weighted by molar-refractivity contribution is -0.144. The fourth-order valence-corrected chi connectivity index (χ4v) is 4.80. The minimum atomic E-state index is -0.338. The summed E-state index contributed by atoms with van der Waals surface area (Å²) in [5, 5.41) is 3.33. The van der Waals surface area contributed by atoms with Crippen molar-refractivity contribution >= 4 is 27.7 Å². The zero-order chi connectivity index (χ0) is 19.0. The van der Waals surface area contributed by atoms with Crippen LogP contribution in [0.5, 0.6) is 0 Å². The van der Waals surface area contributed by atoms with E-state index in [0.717, 1.165) is 53.5 Å². The summed E-state index contributed by atoms with van der Waals surface area (Å²) in [6.45, 7) is 1.91. The number of ether oxygens (including phenoxy) is 1. The number of rotatable bonds is 3. The van der Waals surface area contributed by atoms with Crippen LogP contribution in [0.25, 0.3) is 0 Å². The molecule has 4 nitrogen and oxygen atoms in total. The molecule has 0 radical (unpaired) electrons. The van der Waals surface area contributed by atoms with Crippen LogP contribution < -0.4 is 5.32 Å². The summed E-state index contributed by atoms with van der Waals surface area (Å²) >= 11 is 3.47. The van der Waals surface area contributed by atoms with Gasteiger partial charge in [0, 0.05) is 28.2 Å². The molecule has 2 aliphatic carbocycles. The van der Waals surface area contributed by atoms with Crippen molar-refractivity contribution in [1.29, 1.82) is 0 Å². The molecule has 1 saturated carbocycles. The SMILES string of the molecule is CC1=C(C(=O)OC2CCCC2)C(c2ccc(Br)cc2)C2C(=O)CCC=C2N1. The fraction of sp³-hybridized carbons (Fsp3) is 0.455. The van der Waals surface area contributed by atoms with Crippen LogP contribution in [0.4, 0.5) is 0 Å². The Labute approximate surface area is 168 Å². The topological polar surface area (TPSA) is 55.4 Å². The van der Waals surface area contributed by atoms with E-state index in [1.807, 2.05) is 31.2 Å². The van der Waals surface area contributed by atoms with E-state index in [1.54, 1.807) is 0 Å². The second-order valence-corrected chi connectivity index (χ2v) is 8.56. The Kier molecular flexibility index (Phi) is 5.22. The standard InChI is InChI=1S/C22H24BrNO3/c1-13-19(22(26)27-16-5-2-3-6-16)20(14-9-11-15(23)12-10-14)21-17(24-13)7-4-8-18(21)25/h7,9-12,16,20-21,24H,2-6,8H2,1H3. The van der Waals surface area contributed by atoms with Crippen molar-refractivity contribution in [3.05, 3.63) is 57.3 Å². The van der Waals surface area contributed by atoms with E-state index in [-0.39, 0.29) is 29.7 Å². The first-order valence-electron chi connectivity index (χ1n) is 9.71. The maximum atomic E-state index is 13.1. The van der Waals surface area contributed by atoms with Gasteiger partial charge in [-0.3, -0.25) is 4.79 Å². The second-order valence-electron chi connectivity index (χ2n) is 7.65. The van der Waals surface area contributed by atoms with E-state index in [1.165, 1.54) is 0 Å². The molecule has 1 N–H and O–H groups in total. The third-order valence-electron chi connectivity index (χ3n) is 5.84. The molecule has 5 heteroatoms. The summed E-state index contributed by atoms with van der Waals surface area (Å²) in [6, 6.07) is 7.91. The Morgan fingerprint density at radius 3 is 2.56 bits per heavy atom. The first kappa shape index (κ1) is 18.5. The predicted molar refractivity (Wildman–Crippen MR) is 107 cm³/mol. The van der Waals surface area contributed by atoms with Crippen LogP contribution in [0, 0.1) is 5.92 Å². The molecule has 2 atom stereocenters. The monoisotopic (exact) mass is 429 g/mol. The van der Waals surface area contributed by atoms with Crippen molar-refractivity contribution in [2.24, 2.45) is 5.92 Å². The van der Waals surface area contributed by atoms with Crippen LogP contribution in [0.3, 0.4) is 0 Å². The number of benzene rings is 1. The lowest BCUT2D eigenvalue weighted by atomic mass is 9.71. The number of allylic oxidation sites excluding steroid dienone is 3. The molecule has 0 bridgehead atoms. The summed E-state index contributed by atoms with van der Waals surface area (Å²) < 4.78 is 6.81. The van der Waals surface area contributed by atoms with Crippen LogP contribution in [-0.4, -0.2) is 17.9 Å². The molecular formula is C22H24BrNO3. The van der Waals surface area contributed by atoms with Crippen LogP contribution in [0.2, 0.25) is 0 Å². The highest BCUT2D eigenvalue weighted by atomic mass is 79.9. The lowest BCUT2D eigenvalue weighted by Gasteiger charge is -2.38. The molecule has 0 aromatic heterocycles. The molecule has 0 amide bonds. The normalized spacial score (nSPS) is 25.7. The molecule has 142 valence electrons. The Morgan fingerprint density at radius 1 is 1.15 bits per heavy atom. The number of ketones is 1. The highest BCUT2D eigenvalue weighted by Crippen LogP contribution is 2.44. The summed E-state index contributed by atoms with van der Waals surface area (Å²) in [6.07, 6.45) is 7.45. The van der Waals surface area contributed by atoms with E-state index < -0.39 is 0 Å². The molecule has 1 heterocycles. The van der Waals surface area contributed by atoms with Gasteiger partial charge in [-0.05, 0) is 56.7 Å². The number of esters is 1. The Hall–Kier alpha value is -1.88. The fourth-order valence-electron chi connectivity index (χ4n) is 4.53. The van der Waals surface area contributed by atoms with E-state index in [0.29, 0.717) is 12.0 Å². The van der Waals surface area contributed by atoms with Gasteiger partial charge >= 0.3 is 5.97 Å². The molecule has 2 unspecified atom stereocenters. The Morgan fingerprint density at radius 2 is 1.85 bits per heavy atom. The van der Waals surface area contributed by atoms with Gasteiger partial charge in [-0.1, -0.05) is 34.1 Å². The van der Waals surface area contributed by atoms with Gasteiger partial charge in [0.05, 0.1) is 11.5 Å². The third kappa shape index (κ3) is 3.62. The smallest absolute Gasteiger partial charge is 0.336 e. The summed E-state index contributed by atoms with van der Waals surface area (Å²) in [4.78, 5) is 26.0. The molecule has 3 aliphatic rings. The van der Waals surface area contributed by atoms with Crippen molar-refractivity contribution in [1.82, 2.24) is 5.32 Å². The van der Waals surface area contributed by atoms with Gasteiger partial charge in [0.2, 0.25) is 0 Å². The Balaban J connectivity index is 1.76. The zero-order valence-electron chi connectivity index (χ0n) is 15.5. The number of nitrogens with one attached hydrogen (secondary N) is 1. The van der Waals surface area contributed by atoms with E-state index in [9.17, 15) is 9.59 Å². The first-order valence-corrected chi connectivity index (χ1v) is 10.5. The molecule has 1 aromatic rings. The van der Waals surface area contributed by atoms with Gasteiger partial charge in [0.1, 0.15) is 11.9 Å². The van der Waals surface area contributed by atoms with Crippen molar-refractivity contribution in [2.75, 3.05) is 0 Å². The summed E-state index contributed by atoms with van der Waals surface area (Å²) in [5.74, 6) is -0.731. The summed E-state index contributed by atoms with van der Waals surface area (Å²) in [7, 11) is 0. The molecule has 0 saturated heterocycles. The quantitative estimate of drug-likeness (QED) is 0.703. The van der Waals surface area contributed by atoms with Crippen molar-refractivity contribution < 1.29 is 14.3 Å². The highest BCUT2D eigenvalue weighted by Gasteiger charge is 2.43. The van der Waals surface area contributed by atoms with Gasteiger partial charge in [-0.25, -0.2) is 4.79 Å². The lowest BCUT2D eigenvalue weighted by Crippen LogP contribution is -2.41. The number of fused-ring (bicyclic) bond motifs is 1. The molecule has 1 aliphatic heterocycles. The highest BCUT2D eigenvalue weighted by molar-refractivity contribution is 9.10. The second kappa shape index (κ2) is 7.63. The van der Waals surface area contributed by atoms with Gasteiger partial charge in [-0.15, -0.1) is 0 Å². The number of hydrogen-bond donors (Lipinski definition) is 1. The average Bonchev–Trinajstić information content (AvgIpc) is 3.14. The molecule has 1 aromatic carbocycles. The first-order chi connectivity index (χ1) is 13.0. The summed E-state index contributed by atoms with van der Waals surface area (Å²) in [5.41, 5.74) is 3.29. The number of Topliss-reactive ketones (excluding diaryl/α,β-unsaturated/α-hetero) is 1. The van der Waals surface area contributed by atoms with Gasteiger partial charge in [-0.2, -0.15) is 0 Å². The average molecular weight is 430 g/mol. The van der Waals surface area contributed by atoms with E-state index in [4.69, 9.17) is 4.74 Å². The van der Waals surface area contributed by atoms with Crippen molar-refractivity contribution in [2.45, 2.75) is 57.5 Å². The minimum Gasteiger partial charge on any atom is -0.459 e. The molecule has 27 heavy (non-hydrogen) atoms. The van der Waals surface area contributed by atoms with Crippen molar-refractivity contribution in [3.63, 3.8) is 0 Å². The number of halogens is 1. The van der Waals surface area contributed by atoms with Gasteiger partial charge in [0.15, 0.2) is 0 Å². The molecular weight excluding hydrogens is 406 g/mol. The third-order valence-corrected chi connectivity index (χ3v) is 6.37. The molecule has 1 fully saturated rings. The Bertz CT molecular complexity index is 818. The zero-order valence-corrected chi connectivity index (χ0v) is 17.1. The van der Waals surface area contributed by atoms with Crippen molar-refractivity contribution in [3.8, 4) is 0 Å². The predicted octanol–water partition coefficient (Wildman–Crippen LogP) is 4.76. The van der Waals surface area contributed by atoms with E-state index in [2.05, 4.69) is 27.3 Å². The van der Waals surface area contributed by atoms with Gasteiger partial charge < -0.3 is 10.1 Å².